The van der Waals surface area contributed by atoms with Gasteiger partial charge >= 0.3 is 0 Å². The Labute approximate surface area is 215 Å². The summed E-state index contributed by atoms with van der Waals surface area (Å²) in [7, 11) is 4.47. The summed E-state index contributed by atoms with van der Waals surface area (Å²) in [4.78, 5) is 27.5. The molecule has 0 radical (unpaired) electrons. The molecule has 1 N–H and O–H groups in total. The van der Waals surface area contributed by atoms with Crippen LogP contribution in [-0.4, -0.2) is 52.4 Å². The number of benzene rings is 3. The van der Waals surface area contributed by atoms with Crippen LogP contribution in [0.5, 0.6) is 28.7 Å². The number of aryl methyl sites for hydroxylation is 1. The summed E-state index contributed by atoms with van der Waals surface area (Å²) >= 11 is 0. The Bertz CT molecular complexity index is 1280. The van der Waals surface area contributed by atoms with Gasteiger partial charge in [0.25, 0.3) is 11.8 Å². The van der Waals surface area contributed by atoms with Crippen LogP contribution in [0.1, 0.15) is 22.8 Å². The van der Waals surface area contributed by atoms with Crippen molar-refractivity contribution in [1.82, 2.24) is 0 Å². The van der Waals surface area contributed by atoms with Crippen molar-refractivity contribution in [3.63, 3.8) is 0 Å². The topological polar surface area (TPSA) is 95.6 Å². The van der Waals surface area contributed by atoms with Gasteiger partial charge in [-0.1, -0.05) is 12.1 Å². The second-order valence-electron chi connectivity index (χ2n) is 8.47. The van der Waals surface area contributed by atoms with Crippen LogP contribution in [0.15, 0.2) is 54.6 Å². The summed E-state index contributed by atoms with van der Waals surface area (Å²) in [5, 5.41) is 2.86. The molecule has 9 heteroatoms. The standard InChI is InChI=1S/C28H30N2O7/c1-17-7-6-8-21(13-17)36-12-11-30-22-10-9-20(16-23(22)37-18(2)28(30)32)29-27(31)19-14-24(33-3)26(35-5)25(15-19)34-4/h6-10,13-16,18H,11-12H2,1-5H3,(H,29,31). The third-order valence-corrected chi connectivity index (χ3v) is 5.93. The zero-order valence-corrected chi connectivity index (χ0v) is 21.5. The normalized spacial score (nSPS) is 14.4. The SMILES string of the molecule is COc1cc(C(=O)Nc2ccc3c(c2)OC(C)C(=O)N3CCOc2cccc(C)c2)cc(OC)c1OC. The van der Waals surface area contributed by atoms with Gasteiger partial charge in [-0.3, -0.25) is 9.59 Å². The van der Waals surface area contributed by atoms with E-state index in [2.05, 4.69) is 5.32 Å². The third-order valence-electron chi connectivity index (χ3n) is 5.93. The molecular weight excluding hydrogens is 476 g/mol. The van der Waals surface area contributed by atoms with E-state index in [1.54, 1.807) is 42.2 Å². The number of hydrogen-bond donors (Lipinski definition) is 1. The molecule has 1 heterocycles. The molecule has 0 spiro atoms. The van der Waals surface area contributed by atoms with E-state index in [1.165, 1.54) is 21.3 Å². The lowest BCUT2D eigenvalue weighted by atomic mass is 10.1. The molecule has 0 aromatic heterocycles. The minimum Gasteiger partial charge on any atom is -0.493 e. The second kappa shape index (κ2) is 11.1. The van der Waals surface area contributed by atoms with Crippen molar-refractivity contribution in [3.8, 4) is 28.7 Å². The van der Waals surface area contributed by atoms with Gasteiger partial charge in [0.2, 0.25) is 5.75 Å². The Morgan fingerprint density at radius 2 is 1.73 bits per heavy atom. The van der Waals surface area contributed by atoms with Crippen molar-refractivity contribution in [3.05, 3.63) is 65.7 Å². The van der Waals surface area contributed by atoms with Crippen LogP contribution in [0.25, 0.3) is 0 Å². The minimum atomic E-state index is -0.674. The number of fused-ring (bicyclic) bond motifs is 1. The highest BCUT2D eigenvalue weighted by Gasteiger charge is 2.31. The maximum atomic E-state index is 13.0. The van der Waals surface area contributed by atoms with Crippen LogP contribution >= 0.6 is 0 Å². The van der Waals surface area contributed by atoms with Gasteiger partial charge in [-0.15, -0.1) is 0 Å². The summed E-state index contributed by atoms with van der Waals surface area (Å²) in [6.45, 7) is 4.36. The number of nitrogens with one attached hydrogen (secondary N) is 1. The van der Waals surface area contributed by atoms with E-state index in [1.807, 2.05) is 31.2 Å². The molecule has 0 fully saturated rings. The first-order valence-electron chi connectivity index (χ1n) is 11.8. The van der Waals surface area contributed by atoms with Crippen molar-refractivity contribution in [2.24, 2.45) is 0 Å². The van der Waals surface area contributed by atoms with Gasteiger partial charge in [0, 0.05) is 17.3 Å². The number of nitrogens with zero attached hydrogens (tertiary/aromatic N) is 1. The predicted molar refractivity (Wildman–Crippen MR) is 140 cm³/mol. The number of carbonyl (C=O) groups is 2. The molecule has 4 rings (SSSR count). The van der Waals surface area contributed by atoms with Gasteiger partial charge in [-0.05, 0) is 55.8 Å². The molecule has 1 atom stereocenters. The summed E-state index contributed by atoms with van der Waals surface area (Å²) < 4.78 is 27.7. The fraction of sp³-hybridized carbons (Fsp3) is 0.286. The zero-order valence-electron chi connectivity index (χ0n) is 21.5. The van der Waals surface area contributed by atoms with Crippen molar-refractivity contribution in [2.75, 3.05) is 44.7 Å². The highest BCUT2D eigenvalue weighted by molar-refractivity contribution is 6.06. The average molecular weight is 507 g/mol. The van der Waals surface area contributed by atoms with E-state index in [9.17, 15) is 9.59 Å². The summed E-state index contributed by atoms with van der Waals surface area (Å²) in [6.07, 6.45) is -0.674. The van der Waals surface area contributed by atoms with Crippen LogP contribution in [-0.2, 0) is 4.79 Å². The smallest absolute Gasteiger partial charge is 0.267 e. The van der Waals surface area contributed by atoms with E-state index in [0.717, 1.165) is 11.3 Å². The lowest BCUT2D eigenvalue weighted by Gasteiger charge is -2.33. The van der Waals surface area contributed by atoms with Gasteiger partial charge in [-0.2, -0.15) is 0 Å². The van der Waals surface area contributed by atoms with Crippen molar-refractivity contribution in [2.45, 2.75) is 20.0 Å². The van der Waals surface area contributed by atoms with Crippen LogP contribution in [0.3, 0.4) is 0 Å². The Morgan fingerprint density at radius 3 is 2.38 bits per heavy atom. The van der Waals surface area contributed by atoms with Gasteiger partial charge < -0.3 is 33.9 Å². The van der Waals surface area contributed by atoms with Crippen molar-refractivity contribution >= 4 is 23.2 Å². The number of carbonyl (C=O) groups excluding carboxylic acids is 2. The van der Waals surface area contributed by atoms with E-state index in [4.69, 9.17) is 23.7 Å². The van der Waals surface area contributed by atoms with Gasteiger partial charge in [0.1, 0.15) is 18.1 Å². The molecule has 2 amide bonds. The molecule has 0 aliphatic carbocycles. The lowest BCUT2D eigenvalue weighted by molar-refractivity contribution is -0.125. The maximum absolute atomic E-state index is 13.0. The molecule has 3 aromatic carbocycles. The van der Waals surface area contributed by atoms with E-state index >= 15 is 0 Å². The number of amides is 2. The number of rotatable bonds is 9. The fourth-order valence-corrected chi connectivity index (χ4v) is 4.09. The molecule has 1 unspecified atom stereocenters. The van der Waals surface area contributed by atoms with Gasteiger partial charge in [0.15, 0.2) is 17.6 Å². The first-order valence-corrected chi connectivity index (χ1v) is 11.8. The van der Waals surface area contributed by atoms with Gasteiger partial charge in [0.05, 0.1) is 33.6 Å². The molecule has 1 aliphatic heterocycles. The number of methoxy groups -OCH3 is 3. The minimum absolute atomic E-state index is 0.158. The molecule has 1 aliphatic rings. The van der Waals surface area contributed by atoms with Crippen LogP contribution in [0.4, 0.5) is 11.4 Å². The predicted octanol–water partition coefficient (Wildman–Crippen LogP) is 4.47. The highest BCUT2D eigenvalue weighted by atomic mass is 16.5. The molecule has 3 aromatic rings. The summed E-state index contributed by atoms with van der Waals surface area (Å²) in [5.41, 5.74) is 2.54. The molecule has 0 saturated heterocycles. The Kier molecular flexibility index (Phi) is 7.71. The lowest BCUT2D eigenvalue weighted by Crippen LogP contribution is -2.46. The van der Waals surface area contributed by atoms with Crippen molar-refractivity contribution in [1.29, 1.82) is 0 Å². The first-order chi connectivity index (χ1) is 17.8. The highest BCUT2D eigenvalue weighted by Crippen LogP contribution is 2.39. The largest absolute Gasteiger partial charge is 0.493 e. The Morgan fingerprint density at radius 1 is 1.00 bits per heavy atom. The van der Waals surface area contributed by atoms with Crippen LogP contribution in [0.2, 0.25) is 0 Å². The van der Waals surface area contributed by atoms with E-state index in [-0.39, 0.29) is 11.8 Å². The van der Waals surface area contributed by atoms with Crippen LogP contribution in [0, 0.1) is 6.92 Å². The average Bonchev–Trinajstić information content (AvgIpc) is 2.89. The summed E-state index contributed by atoms with van der Waals surface area (Å²) in [6, 6.07) is 16.1. The molecule has 9 nitrogen and oxygen atoms in total. The summed E-state index contributed by atoms with van der Waals surface area (Å²) in [5.74, 6) is 1.85. The van der Waals surface area contributed by atoms with E-state index < -0.39 is 6.10 Å². The van der Waals surface area contributed by atoms with Crippen molar-refractivity contribution < 1.29 is 33.3 Å². The number of hydrogen-bond acceptors (Lipinski definition) is 7. The maximum Gasteiger partial charge on any atom is 0.267 e. The number of anilines is 2. The monoisotopic (exact) mass is 506 g/mol. The molecule has 0 bridgehead atoms. The van der Waals surface area contributed by atoms with Crippen LogP contribution < -0.4 is 33.9 Å². The van der Waals surface area contributed by atoms with E-state index in [0.29, 0.717) is 53.1 Å². The molecule has 0 saturated carbocycles. The first kappa shape index (κ1) is 25.7. The zero-order chi connectivity index (χ0) is 26.5. The molecule has 37 heavy (non-hydrogen) atoms. The fourth-order valence-electron chi connectivity index (χ4n) is 4.09. The quantitative estimate of drug-likeness (QED) is 0.458. The number of ether oxygens (including phenoxy) is 5. The second-order valence-corrected chi connectivity index (χ2v) is 8.47. The molecular formula is C28H30N2O7. The Balaban J connectivity index is 1.51. The molecule has 194 valence electrons. The van der Waals surface area contributed by atoms with Gasteiger partial charge in [-0.25, -0.2) is 0 Å². The Hall–Kier alpha value is -4.40. The third kappa shape index (κ3) is 5.55.